The lowest BCUT2D eigenvalue weighted by Crippen LogP contribution is -2.43. The molecular weight excluding hydrogens is 230 g/mol. The highest BCUT2D eigenvalue weighted by Gasteiger charge is 2.33. The van der Waals surface area contributed by atoms with Crippen LogP contribution in [0.3, 0.4) is 0 Å². The molecule has 0 saturated carbocycles. The molecule has 18 heavy (non-hydrogen) atoms. The minimum absolute atomic E-state index is 0.0559. The molecule has 1 aliphatic heterocycles. The molecule has 0 unspecified atom stereocenters. The largest absolute Gasteiger partial charge is 0.495 e. The molecule has 4 nitrogen and oxygen atoms in total. The van der Waals surface area contributed by atoms with E-state index in [4.69, 9.17) is 4.74 Å². The zero-order valence-electron chi connectivity index (χ0n) is 10.7. The number of carbonyl (C=O) groups excluding carboxylic acids is 2. The van der Waals surface area contributed by atoms with Gasteiger partial charge >= 0.3 is 0 Å². The summed E-state index contributed by atoms with van der Waals surface area (Å²) in [6.45, 7) is 2.12. The highest BCUT2D eigenvalue weighted by molar-refractivity contribution is 6.08. The second-order valence-electron chi connectivity index (χ2n) is 4.47. The second kappa shape index (κ2) is 5.21. The van der Waals surface area contributed by atoms with E-state index in [0.29, 0.717) is 18.7 Å². The van der Waals surface area contributed by atoms with Gasteiger partial charge in [0.25, 0.3) is 0 Å². The van der Waals surface area contributed by atoms with Crippen LogP contribution in [0.4, 0.5) is 5.69 Å². The lowest BCUT2D eigenvalue weighted by Gasteiger charge is -2.32. The summed E-state index contributed by atoms with van der Waals surface area (Å²) >= 11 is 0. The molecule has 1 aromatic rings. The quantitative estimate of drug-likeness (QED) is 0.768. The topological polar surface area (TPSA) is 46.6 Å². The van der Waals surface area contributed by atoms with Crippen molar-refractivity contribution in [3.63, 3.8) is 0 Å². The third-order valence-corrected chi connectivity index (χ3v) is 3.31. The van der Waals surface area contributed by atoms with Crippen molar-refractivity contribution < 1.29 is 14.3 Å². The summed E-state index contributed by atoms with van der Waals surface area (Å²) in [4.78, 5) is 25.4. The minimum atomic E-state index is -0.497. The number of carbonyl (C=O) groups is 2. The number of methoxy groups -OCH3 is 1. The molecular formula is C14H17NO3. The molecule has 1 heterocycles. The molecule has 96 valence electrons. The van der Waals surface area contributed by atoms with E-state index in [1.807, 2.05) is 24.3 Å². The van der Waals surface area contributed by atoms with Gasteiger partial charge in [0.2, 0.25) is 5.91 Å². The van der Waals surface area contributed by atoms with Gasteiger partial charge in [-0.1, -0.05) is 12.1 Å². The number of Topliss-reactive ketones (excluding diaryl/α,β-unsaturated/α-hetero) is 1. The number of ether oxygens (including phenoxy) is 1. The van der Waals surface area contributed by atoms with E-state index < -0.39 is 5.92 Å². The number of para-hydroxylation sites is 2. The number of rotatable bonds is 3. The molecule has 0 aromatic heterocycles. The molecule has 0 aliphatic carbocycles. The van der Waals surface area contributed by atoms with Gasteiger partial charge in [-0.3, -0.25) is 9.59 Å². The van der Waals surface area contributed by atoms with Crippen molar-refractivity contribution in [3.8, 4) is 5.75 Å². The van der Waals surface area contributed by atoms with Crippen LogP contribution in [-0.4, -0.2) is 25.3 Å². The number of hydrogen-bond donors (Lipinski definition) is 0. The van der Waals surface area contributed by atoms with Crippen LogP contribution in [-0.2, 0) is 9.59 Å². The fourth-order valence-electron chi connectivity index (χ4n) is 2.34. The average Bonchev–Trinajstić information content (AvgIpc) is 2.38. The van der Waals surface area contributed by atoms with Gasteiger partial charge in [0.05, 0.1) is 18.7 Å². The Labute approximate surface area is 107 Å². The first-order valence-corrected chi connectivity index (χ1v) is 6.10. The number of piperidine rings is 1. The van der Waals surface area contributed by atoms with Crippen LogP contribution >= 0.6 is 0 Å². The molecule has 1 aromatic carbocycles. The molecule has 0 N–H and O–H groups in total. The summed E-state index contributed by atoms with van der Waals surface area (Å²) < 4.78 is 5.26. The van der Waals surface area contributed by atoms with Crippen molar-refractivity contribution in [1.29, 1.82) is 0 Å². The van der Waals surface area contributed by atoms with Crippen LogP contribution in [0.2, 0.25) is 0 Å². The van der Waals surface area contributed by atoms with Crippen LogP contribution in [0.1, 0.15) is 19.8 Å². The lowest BCUT2D eigenvalue weighted by molar-refractivity contribution is -0.132. The maximum atomic E-state index is 12.3. The molecule has 0 radical (unpaired) electrons. The normalized spacial score (nSPS) is 19.8. The van der Waals surface area contributed by atoms with Gasteiger partial charge in [-0.15, -0.1) is 0 Å². The number of nitrogens with zero attached hydrogens (tertiary/aromatic N) is 1. The first-order chi connectivity index (χ1) is 8.65. The number of anilines is 1. The zero-order valence-corrected chi connectivity index (χ0v) is 10.7. The maximum absolute atomic E-state index is 12.3. The smallest absolute Gasteiger partial charge is 0.237 e. The molecule has 1 aliphatic rings. The molecule has 1 amide bonds. The van der Waals surface area contributed by atoms with E-state index in [1.54, 1.807) is 12.0 Å². The van der Waals surface area contributed by atoms with Crippen LogP contribution in [0.15, 0.2) is 24.3 Å². The first kappa shape index (κ1) is 12.6. The Morgan fingerprint density at radius 1 is 1.39 bits per heavy atom. The van der Waals surface area contributed by atoms with E-state index in [-0.39, 0.29) is 11.7 Å². The summed E-state index contributed by atoms with van der Waals surface area (Å²) in [5.74, 6) is -0.00318. The first-order valence-electron chi connectivity index (χ1n) is 6.10. The van der Waals surface area contributed by atoms with E-state index >= 15 is 0 Å². The zero-order chi connectivity index (χ0) is 13.1. The number of benzene rings is 1. The van der Waals surface area contributed by atoms with Crippen molar-refractivity contribution in [2.24, 2.45) is 5.92 Å². The van der Waals surface area contributed by atoms with Gasteiger partial charge in [-0.05, 0) is 31.9 Å². The summed E-state index contributed by atoms with van der Waals surface area (Å²) in [7, 11) is 1.58. The van der Waals surface area contributed by atoms with Crippen LogP contribution in [0.5, 0.6) is 5.75 Å². The summed E-state index contributed by atoms with van der Waals surface area (Å²) in [5.41, 5.74) is 0.746. The molecule has 1 fully saturated rings. The Kier molecular flexibility index (Phi) is 3.65. The van der Waals surface area contributed by atoms with Gasteiger partial charge in [-0.2, -0.15) is 0 Å². The molecule has 1 atom stereocenters. The summed E-state index contributed by atoms with van der Waals surface area (Å²) in [6.07, 6.45) is 1.49. The van der Waals surface area contributed by atoms with Gasteiger partial charge in [0.15, 0.2) is 0 Å². The van der Waals surface area contributed by atoms with Crippen molar-refractivity contribution >= 4 is 17.4 Å². The third-order valence-electron chi connectivity index (χ3n) is 3.31. The summed E-state index contributed by atoms with van der Waals surface area (Å²) in [5, 5.41) is 0. The predicted octanol–water partition coefficient (Wildman–Crippen LogP) is 2.03. The monoisotopic (exact) mass is 247 g/mol. The highest BCUT2D eigenvalue weighted by atomic mass is 16.5. The summed E-state index contributed by atoms with van der Waals surface area (Å²) in [6, 6.07) is 7.39. The van der Waals surface area contributed by atoms with Gasteiger partial charge in [0, 0.05) is 6.54 Å². The predicted molar refractivity (Wildman–Crippen MR) is 68.8 cm³/mol. The fourth-order valence-corrected chi connectivity index (χ4v) is 2.34. The van der Waals surface area contributed by atoms with E-state index in [0.717, 1.165) is 12.1 Å². The minimum Gasteiger partial charge on any atom is -0.495 e. The maximum Gasteiger partial charge on any atom is 0.237 e. The average molecular weight is 247 g/mol. The standard InChI is InChI=1S/C14H17NO3/c1-10(16)11-6-5-9-15(14(11)17)12-7-3-4-8-13(12)18-2/h3-4,7-8,11H,5-6,9H2,1-2H3/t11-/m1/s1. The van der Waals surface area contributed by atoms with Crippen molar-refractivity contribution in [2.45, 2.75) is 19.8 Å². The molecule has 0 bridgehead atoms. The van der Waals surface area contributed by atoms with Crippen molar-refractivity contribution in [2.75, 3.05) is 18.6 Å². The molecule has 4 heteroatoms. The van der Waals surface area contributed by atoms with Crippen LogP contribution < -0.4 is 9.64 Å². The molecule has 2 rings (SSSR count). The van der Waals surface area contributed by atoms with Crippen molar-refractivity contribution in [3.05, 3.63) is 24.3 Å². The Bertz CT molecular complexity index is 470. The van der Waals surface area contributed by atoms with Crippen LogP contribution in [0.25, 0.3) is 0 Å². The number of hydrogen-bond acceptors (Lipinski definition) is 3. The van der Waals surface area contributed by atoms with Gasteiger partial charge in [0.1, 0.15) is 11.5 Å². The lowest BCUT2D eigenvalue weighted by atomic mass is 9.93. The van der Waals surface area contributed by atoms with Gasteiger partial charge < -0.3 is 9.64 Å². The fraction of sp³-hybridized carbons (Fsp3) is 0.429. The van der Waals surface area contributed by atoms with E-state index in [1.165, 1.54) is 6.92 Å². The van der Waals surface area contributed by atoms with Crippen LogP contribution in [0, 0.1) is 5.92 Å². The highest BCUT2D eigenvalue weighted by Crippen LogP contribution is 2.32. The molecule has 0 spiro atoms. The van der Waals surface area contributed by atoms with E-state index in [2.05, 4.69) is 0 Å². The van der Waals surface area contributed by atoms with Crippen molar-refractivity contribution in [1.82, 2.24) is 0 Å². The van der Waals surface area contributed by atoms with E-state index in [9.17, 15) is 9.59 Å². The Hall–Kier alpha value is -1.84. The third kappa shape index (κ3) is 2.23. The number of ketones is 1. The Balaban J connectivity index is 2.32. The Morgan fingerprint density at radius 2 is 2.11 bits per heavy atom. The van der Waals surface area contributed by atoms with Gasteiger partial charge in [-0.25, -0.2) is 0 Å². The number of amides is 1. The second-order valence-corrected chi connectivity index (χ2v) is 4.47. The molecule has 1 saturated heterocycles. The SMILES string of the molecule is COc1ccccc1N1CCC[C@H](C(C)=O)C1=O. The Morgan fingerprint density at radius 3 is 2.78 bits per heavy atom.